The highest BCUT2D eigenvalue weighted by Crippen LogP contribution is 2.02. The maximum Gasteiger partial charge on any atom is 0.267 e. The van der Waals surface area contributed by atoms with E-state index in [1.54, 1.807) is 6.92 Å². The van der Waals surface area contributed by atoms with E-state index in [-0.39, 0.29) is 12.1 Å². The van der Waals surface area contributed by atoms with Gasteiger partial charge in [-0.1, -0.05) is 13.8 Å². The minimum Gasteiger partial charge on any atom is -0.390 e. The number of aliphatic hydroxyl groups is 1. The van der Waals surface area contributed by atoms with Crippen LogP contribution in [0.1, 0.15) is 19.7 Å². The first-order chi connectivity index (χ1) is 8.41. The first-order valence-electron chi connectivity index (χ1n) is 6.02. The highest BCUT2D eigenvalue weighted by Gasteiger charge is 2.10. The highest BCUT2D eigenvalue weighted by molar-refractivity contribution is 9.10. The van der Waals surface area contributed by atoms with Crippen LogP contribution in [0.2, 0.25) is 0 Å². The lowest BCUT2D eigenvalue weighted by atomic mass is 10.2. The lowest BCUT2D eigenvalue weighted by Crippen LogP contribution is -2.36. The smallest absolute Gasteiger partial charge is 0.267 e. The Hall–Kier alpha value is -0.720. The first-order valence-corrected chi connectivity index (χ1v) is 6.81. The van der Waals surface area contributed by atoms with Gasteiger partial charge in [0.05, 0.1) is 12.6 Å². The van der Waals surface area contributed by atoms with Gasteiger partial charge >= 0.3 is 0 Å². The van der Waals surface area contributed by atoms with Gasteiger partial charge in [0.25, 0.3) is 5.56 Å². The number of hydrogen-bond acceptors (Lipinski definition) is 4. The molecule has 0 bridgehead atoms. The van der Waals surface area contributed by atoms with Gasteiger partial charge in [0.15, 0.2) is 0 Å². The summed E-state index contributed by atoms with van der Waals surface area (Å²) in [5.41, 5.74) is -0.162. The van der Waals surface area contributed by atoms with Crippen LogP contribution in [0.4, 0.5) is 0 Å². The van der Waals surface area contributed by atoms with Crippen LogP contribution in [0.15, 0.2) is 15.5 Å². The third-order valence-corrected chi connectivity index (χ3v) is 3.07. The lowest BCUT2D eigenvalue weighted by molar-refractivity contribution is 0.147. The Morgan fingerprint density at radius 3 is 2.78 bits per heavy atom. The van der Waals surface area contributed by atoms with Gasteiger partial charge in [-0.2, -0.15) is 0 Å². The number of nitrogens with one attached hydrogen (secondary N) is 1. The monoisotopic (exact) mass is 317 g/mol. The SMILES string of the molecule is Cc1ncc(Br)c(=O)n1CC(O)CNCC(C)C. The summed E-state index contributed by atoms with van der Waals surface area (Å²) >= 11 is 3.15. The van der Waals surface area contributed by atoms with Crippen LogP contribution in [0, 0.1) is 12.8 Å². The number of halogens is 1. The largest absolute Gasteiger partial charge is 0.390 e. The molecule has 0 saturated carbocycles. The van der Waals surface area contributed by atoms with Crippen molar-refractivity contribution < 1.29 is 5.11 Å². The van der Waals surface area contributed by atoms with Crippen LogP contribution in [-0.4, -0.2) is 33.9 Å². The molecule has 1 aromatic heterocycles. The molecule has 0 aliphatic carbocycles. The van der Waals surface area contributed by atoms with E-state index < -0.39 is 6.10 Å². The first kappa shape index (κ1) is 15.3. The van der Waals surface area contributed by atoms with Crippen LogP contribution in [-0.2, 0) is 6.54 Å². The van der Waals surface area contributed by atoms with E-state index in [1.807, 2.05) is 0 Å². The molecule has 2 N–H and O–H groups in total. The highest BCUT2D eigenvalue weighted by atomic mass is 79.9. The van der Waals surface area contributed by atoms with Crippen molar-refractivity contribution >= 4 is 15.9 Å². The fourth-order valence-corrected chi connectivity index (χ4v) is 1.90. The van der Waals surface area contributed by atoms with E-state index in [4.69, 9.17) is 0 Å². The molecule has 0 fully saturated rings. The number of aliphatic hydroxyl groups excluding tert-OH is 1. The molecule has 0 aliphatic heterocycles. The van der Waals surface area contributed by atoms with E-state index in [0.717, 1.165) is 6.54 Å². The molecule has 5 nitrogen and oxygen atoms in total. The number of aromatic nitrogens is 2. The van der Waals surface area contributed by atoms with Crippen LogP contribution in [0.25, 0.3) is 0 Å². The van der Waals surface area contributed by atoms with Crippen LogP contribution >= 0.6 is 15.9 Å². The summed E-state index contributed by atoms with van der Waals surface area (Å²) in [6, 6.07) is 0. The molecule has 0 aromatic carbocycles. The van der Waals surface area contributed by atoms with Gasteiger partial charge in [0.2, 0.25) is 0 Å². The van der Waals surface area contributed by atoms with Gasteiger partial charge in [-0.15, -0.1) is 0 Å². The second kappa shape index (κ2) is 7.01. The Labute approximate surface area is 115 Å². The Balaban J connectivity index is 2.62. The van der Waals surface area contributed by atoms with Gasteiger partial charge in [0.1, 0.15) is 10.3 Å². The van der Waals surface area contributed by atoms with Crippen molar-refractivity contribution in [1.29, 1.82) is 0 Å². The van der Waals surface area contributed by atoms with Crippen molar-refractivity contribution in [2.75, 3.05) is 13.1 Å². The van der Waals surface area contributed by atoms with E-state index in [1.165, 1.54) is 10.8 Å². The fourth-order valence-electron chi connectivity index (χ4n) is 1.58. The Bertz CT molecular complexity index is 445. The van der Waals surface area contributed by atoms with Crippen LogP contribution < -0.4 is 10.9 Å². The van der Waals surface area contributed by atoms with Crippen molar-refractivity contribution in [2.24, 2.45) is 5.92 Å². The number of rotatable bonds is 6. The van der Waals surface area contributed by atoms with Crippen molar-refractivity contribution in [3.8, 4) is 0 Å². The molecule has 0 spiro atoms. The topological polar surface area (TPSA) is 67.2 Å². The quantitative estimate of drug-likeness (QED) is 0.818. The normalized spacial score (nSPS) is 13.0. The maximum absolute atomic E-state index is 11.9. The molecule has 0 saturated heterocycles. The van der Waals surface area contributed by atoms with Gasteiger partial charge in [-0.3, -0.25) is 9.36 Å². The Kier molecular flexibility index (Phi) is 5.98. The summed E-state index contributed by atoms with van der Waals surface area (Å²) in [5.74, 6) is 1.14. The zero-order chi connectivity index (χ0) is 13.7. The summed E-state index contributed by atoms with van der Waals surface area (Å²) in [7, 11) is 0. The van der Waals surface area contributed by atoms with Gasteiger partial charge in [-0.05, 0) is 35.3 Å². The average molecular weight is 318 g/mol. The van der Waals surface area contributed by atoms with Crippen molar-refractivity contribution in [1.82, 2.24) is 14.9 Å². The zero-order valence-corrected chi connectivity index (χ0v) is 12.6. The molecule has 6 heteroatoms. The van der Waals surface area contributed by atoms with Crippen molar-refractivity contribution in [3.63, 3.8) is 0 Å². The van der Waals surface area contributed by atoms with Crippen LogP contribution in [0.5, 0.6) is 0 Å². The number of aryl methyl sites for hydroxylation is 1. The van der Waals surface area contributed by atoms with E-state index in [9.17, 15) is 9.90 Å². The van der Waals surface area contributed by atoms with Gasteiger partial charge in [0, 0.05) is 12.7 Å². The summed E-state index contributed by atoms with van der Waals surface area (Å²) < 4.78 is 1.89. The molecule has 0 radical (unpaired) electrons. The fraction of sp³-hybridized carbons (Fsp3) is 0.667. The summed E-state index contributed by atoms with van der Waals surface area (Å²) in [6.07, 6.45) is 0.883. The molecule has 1 unspecified atom stereocenters. The van der Waals surface area contributed by atoms with Crippen molar-refractivity contribution in [2.45, 2.75) is 33.4 Å². The molecular weight excluding hydrogens is 298 g/mol. The molecule has 1 heterocycles. The molecule has 0 aliphatic rings. The molecule has 1 aromatic rings. The molecule has 1 rings (SSSR count). The Morgan fingerprint density at radius 2 is 2.17 bits per heavy atom. The second-order valence-corrected chi connectivity index (χ2v) is 5.63. The van der Waals surface area contributed by atoms with Gasteiger partial charge in [-0.25, -0.2) is 4.98 Å². The average Bonchev–Trinajstić information content (AvgIpc) is 2.29. The maximum atomic E-state index is 11.9. The molecular formula is C12H20BrN3O2. The minimum absolute atomic E-state index is 0.162. The summed E-state index contributed by atoms with van der Waals surface area (Å²) in [4.78, 5) is 15.9. The summed E-state index contributed by atoms with van der Waals surface area (Å²) in [5, 5.41) is 13.1. The third kappa shape index (κ3) is 4.51. The zero-order valence-electron chi connectivity index (χ0n) is 11.0. The Morgan fingerprint density at radius 1 is 1.50 bits per heavy atom. The van der Waals surface area contributed by atoms with E-state index in [0.29, 0.717) is 22.8 Å². The molecule has 102 valence electrons. The predicted octanol–water partition coefficient (Wildman–Crippen LogP) is 0.921. The van der Waals surface area contributed by atoms with E-state index >= 15 is 0 Å². The minimum atomic E-state index is -0.601. The van der Waals surface area contributed by atoms with E-state index in [2.05, 4.69) is 40.1 Å². The summed E-state index contributed by atoms with van der Waals surface area (Å²) in [6.45, 7) is 7.53. The molecule has 18 heavy (non-hydrogen) atoms. The van der Waals surface area contributed by atoms with Crippen molar-refractivity contribution in [3.05, 3.63) is 26.8 Å². The van der Waals surface area contributed by atoms with Crippen LogP contribution in [0.3, 0.4) is 0 Å². The number of hydrogen-bond donors (Lipinski definition) is 2. The predicted molar refractivity (Wildman–Crippen MR) is 74.6 cm³/mol. The molecule has 1 atom stereocenters. The second-order valence-electron chi connectivity index (χ2n) is 4.78. The lowest BCUT2D eigenvalue weighted by Gasteiger charge is -2.16. The van der Waals surface area contributed by atoms with Gasteiger partial charge < -0.3 is 10.4 Å². The third-order valence-electron chi connectivity index (χ3n) is 2.53. The number of nitrogens with zero attached hydrogens (tertiary/aromatic N) is 2. The standard InChI is InChI=1S/C12H20BrN3O2/c1-8(2)4-14-5-10(17)7-16-9(3)15-6-11(13)12(16)18/h6,8,10,14,17H,4-5,7H2,1-3H3. The molecule has 0 amide bonds.